The van der Waals surface area contributed by atoms with Gasteiger partial charge in [-0.3, -0.25) is 4.79 Å². The third kappa shape index (κ3) is 6.63. The maximum atomic E-state index is 13.0. The van der Waals surface area contributed by atoms with Crippen LogP contribution in [0.1, 0.15) is 12.0 Å². The minimum atomic E-state index is -0.588. The van der Waals surface area contributed by atoms with Crippen LogP contribution in [0.5, 0.6) is 0 Å². The lowest BCUT2D eigenvalue weighted by Gasteiger charge is -2.22. The number of hydrogen-bond donors (Lipinski definition) is 2. The van der Waals surface area contributed by atoms with E-state index in [1.165, 1.54) is 12.1 Å². The first-order valence-corrected chi connectivity index (χ1v) is 7.82. The van der Waals surface area contributed by atoms with Crippen LogP contribution in [-0.2, 0) is 11.2 Å². The van der Waals surface area contributed by atoms with Crippen molar-refractivity contribution in [1.82, 2.24) is 10.6 Å². The zero-order valence-corrected chi connectivity index (χ0v) is 13.2. The molecule has 1 fully saturated rings. The highest BCUT2D eigenvalue weighted by Crippen LogP contribution is 2.10. The molecule has 0 spiro atoms. The second kappa shape index (κ2) is 9.23. The van der Waals surface area contributed by atoms with Crippen molar-refractivity contribution in [3.63, 3.8) is 0 Å². The summed E-state index contributed by atoms with van der Waals surface area (Å²) in [5.74, 6) is 0.831. The first-order valence-electron chi connectivity index (χ1n) is 6.66. The fourth-order valence-electron chi connectivity index (χ4n) is 2.15. The lowest BCUT2D eigenvalue weighted by molar-refractivity contribution is -0.121. The van der Waals surface area contributed by atoms with Crippen LogP contribution in [-0.4, -0.2) is 36.5 Å². The third-order valence-corrected chi connectivity index (χ3v) is 4.22. The van der Waals surface area contributed by atoms with E-state index in [1.54, 1.807) is 0 Å². The first kappa shape index (κ1) is 18.2. The lowest BCUT2D eigenvalue weighted by Crippen LogP contribution is -2.41. The average Bonchev–Trinajstić information content (AvgIpc) is 2.38. The Balaban J connectivity index is 0.00000220. The van der Waals surface area contributed by atoms with Crippen molar-refractivity contribution in [2.24, 2.45) is 0 Å². The molecule has 7 heteroatoms. The van der Waals surface area contributed by atoms with Crippen molar-refractivity contribution < 1.29 is 13.6 Å². The number of amides is 1. The molecule has 1 atom stereocenters. The monoisotopic (exact) mass is 336 g/mol. The Bertz CT molecular complexity index is 450. The van der Waals surface area contributed by atoms with E-state index in [-0.39, 0.29) is 24.4 Å². The van der Waals surface area contributed by atoms with Gasteiger partial charge in [-0.15, -0.1) is 12.4 Å². The standard InChI is InChI=1S/C14H18F2N2OS.ClH/c15-11-5-10(6-12(16)7-11)1-2-18-14(19)8-13-9-20-4-3-17-13;/h5-7,13,17H,1-4,8-9H2,(H,18,19);1H. The van der Waals surface area contributed by atoms with Gasteiger partial charge < -0.3 is 10.6 Å². The van der Waals surface area contributed by atoms with E-state index in [4.69, 9.17) is 0 Å². The summed E-state index contributed by atoms with van der Waals surface area (Å²) in [6.45, 7) is 1.33. The van der Waals surface area contributed by atoms with Gasteiger partial charge in [-0.2, -0.15) is 11.8 Å². The van der Waals surface area contributed by atoms with Gasteiger partial charge in [0, 0.05) is 43.1 Å². The quantitative estimate of drug-likeness (QED) is 0.865. The number of nitrogens with one attached hydrogen (secondary N) is 2. The highest BCUT2D eigenvalue weighted by molar-refractivity contribution is 7.99. The molecule has 1 aliphatic rings. The Kier molecular flexibility index (Phi) is 8.00. The van der Waals surface area contributed by atoms with E-state index < -0.39 is 11.6 Å². The van der Waals surface area contributed by atoms with Crippen molar-refractivity contribution >= 4 is 30.1 Å². The Hall–Kier alpha value is -0.850. The molecule has 1 amide bonds. The van der Waals surface area contributed by atoms with Crippen molar-refractivity contribution in [2.45, 2.75) is 18.9 Å². The average molecular weight is 337 g/mol. The maximum Gasteiger partial charge on any atom is 0.221 e. The topological polar surface area (TPSA) is 41.1 Å². The van der Waals surface area contributed by atoms with Gasteiger partial charge in [-0.1, -0.05) is 0 Å². The number of halogens is 3. The van der Waals surface area contributed by atoms with Crippen molar-refractivity contribution in [3.05, 3.63) is 35.4 Å². The van der Waals surface area contributed by atoms with Crippen LogP contribution in [0, 0.1) is 11.6 Å². The van der Waals surface area contributed by atoms with Gasteiger partial charge >= 0.3 is 0 Å². The van der Waals surface area contributed by atoms with E-state index in [2.05, 4.69) is 10.6 Å². The predicted molar refractivity (Wildman–Crippen MR) is 84.1 cm³/mol. The van der Waals surface area contributed by atoms with Crippen LogP contribution in [0.15, 0.2) is 18.2 Å². The van der Waals surface area contributed by atoms with E-state index in [9.17, 15) is 13.6 Å². The molecule has 21 heavy (non-hydrogen) atoms. The number of rotatable bonds is 5. The van der Waals surface area contributed by atoms with Gasteiger partial charge in [-0.25, -0.2) is 8.78 Å². The summed E-state index contributed by atoms with van der Waals surface area (Å²) in [5.41, 5.74) is 0.550. The van der Waals surface area contributed by atoms with Crippen LogP contribution < -0.4 is 10.6 Å². The normalized spacial score (nSPS) is 17.9. The third-order valence-electron chi connectivity index (χ3n) is 3.09. The predicted octanol–water partition coefficient (Wildman–Crippen LogP) is 2.14. The highest BCUT2D eigenvalue weighted by Gasteiger charge is 2.16. The molecule has 1 heterocycles. The summed E-state index contributed by atoms with van der Waals surface area (Å²) in [6, 6.07) is 3.64. The highest BCUT2D eigenvalue weighted by atomic mass is 35.5. The number of thioether (sulfide) groups is 1. The molecule has 3 nitrogen and oxygen atoms in total. The molecule has 0 aromatic heterocycles. The molecule has 1 aromatic carbocycles. The molecule has 0 aliphatic carbocycles. The summed E-state index contributed by atoms with van der Waals surface area (Å²) >= 11 is 1.84. The minimum Gasteiger partial charge on any atom is -0.356 e. The lowest BCUT2D eigenvalue weighted by atomic mass is 10.1. The van der Waals surface area contributed by atoms with Crippen LogP contribution in [0.2, 0.25) is 0 Å². The molecule has 0 radical (unpaired) electrons. The van der Waals surface area contributed by atoms with Crippen molar-refractivity contribution in [3.8, 4) is 0 Å². The van der Waals surface area contributed by atoms with Crippen molar-refractivity contribution in [2.75, 3.05) is 24.6 Å². The first-order chi connectivity index (χ1) is 9.63. The van der Waals surface area contributed by atoms with E-state index in [1.807, 2.05) is 11.8 Å². The molecular weight excluding hydrogens is 318 g/mol. The summed E-state index contributed by atoms with van der Waals surface area (Å²) in [7, 11) is 0. The van der Waals surface area contributed by atoms with Crippen LogP contribution >= 0.6 is 24.2 Å². The molecule has 0 bridgehead atoms. The molecule has 1 saturated heterocycles. The van der Waals surface area contributed by atoms with Gasteiger partial charge in [0.2, 0.25) is 5.91 Å². The summed E-state index contributed by atoms with van der Waals surface area (Å²) in [6.07, 6.45) is 0.873. The molecule has 1 aromatic rings. The number of carbonyl (C=O) groups excluding carboxylic acids is 1. The summed E-state index contributed by atoms with van der Waals surface area (Å²) in [5, 5.41) is 6.08. The second-order valence-corrected chi connectivity index (χ2v) is 5.96. The molecule has 2 rings (SSSR count). The Morgan fingerprint density at radius 2 is 2.05 bits per heavy atom. The van der Waals surface area contributed by atoms with E-state index >= 15 is 0 Å². The fraction of sp³-hybridized carbons (Fsp3) is 0.500. The molecule has 1 unspecified atom stereocenters. The van der Waals surface area contributed by atoms with Gasteiger partial charge in [-0.05, 0) is 24.1 Å². The van der Waals surface area contributed by atoms with Crippen LogP contribution in [0.3, 0.4) is 0 Å². The summed E-state index contributed by atoms with van der Waals surface area (Å²) in [4.78, 5) is 11.7. The summed E-state index contributed by atoms with van der Waals surface area (Å²) < 4.78 is 26.0. The zero-order valence-electron chi connectivity index (χ0n) is 11.5. The maximum absolute atomic E-state index is 13.0. The van der Waals surface area contributed by atoms with Gasteiger partial charge in [0.05, 0.1) is 0 Å². The van der Waals surface area contributed by atoms with Crippen LogP contribution in [0.25, 0.3) is 0 Å². The molecule has 118 valence electrons. The Morgan fingerprint density at radius 3 is 2.67 bits per heavy atom. The largest absolute Gasteiger partial charge is 0.356 e. The zero-order chi connectivity index (χ0) is 14.4. The van der Waals surface area contributed by atoms with Crippen molar-refractivity contribution in [1.29, 1.82) is 0 Å². The smallest absolute Gasteiger partial charge is 0.221 e. The van der Waals surface area contributed by atoms with Gasteiger partial charge in [0.15, 0.2) is 0 Å². The van der Waals surface area contributed by atoms with Crippen LogP contribution in [0.4, 0.5) is 8.78 Å². The fourth-order valence-corrected chi connectivity index (χ4v) is 3.10. The Labute approximate surface area is 133 Å². The molecule has 1 aliphatic heterocycles. The minimum absolute atomic E-state index is 0. The number of benzene rings is 1. The van der Waals surface area contributed by atoms with Gasteiger partial charge in [0.25, 0.3) is 0 Å². The van der Waals surface area contributed by atoms with E-state index in [0.717, 1.165) is 24.1 Å². The molecule has 2 N–H and O–H groups in total. The number of hydrogen-bond acceptors (Lipinski definition) is 3. The SMILES string of the molecule is Cl.O=C(CC1CSCCN1)NCCc1cc(F)cc(F)c1. The Morgan fingerprint density at radius 1 is 1.33 bits per heavy atom. The number of carbonyl (C=O) groups is 1. The van der Waals surface area contributed by atoms with Gasteiger partial charge in [0.1, 0.15) is 11.6 Å². The molecule has 0 saturated carbocycles. The molecular formula is C14H19ClF2N2OS. The second-order valence-electron chi connectivity index (χ2n) is 4.81. The van der Waals surface area contributed by atoms with E-state index in [0.29, 0.717) is 24.9 Å².